The van der Waals surface area contributed by atoms with Crippen LogP contribution < -0.4 is 0 Å². The van der Waals surface area contributed by atoms with Crippen LogP contribution in [-0.2, 0) is 6.54 Å². The highest BCUT2D eigenvalue weighted by atomic mass is 32.2. The summed E-state index contributed by atoms with van der Waals surface area (Å²) in [5.74, 6) is 0.764. The molecule has 28 heavy (non-hydrogen) atoms. The number of benzene rings is 1. The van der Waals surface area contributed by atoms with E-state index in [9.17, 15) is 9.59 Å². The summed E-state index contributed by atoms with van der Waals surface area (Å²) in [5.41, 5.74) is 1.84. The minimum atomic E-state index is -0.244. The van der Waals surface area contributed by atoms with Gasteiger partial charge < -0.3 is 0 Å². The molecule has 0 unspecified atom stereocenters. The fraction of sp³-hybridized carbons (Fsp3) is 0.150. The zero-order chi connectivity index (χ0) is 19.5. The Morgan fingerprint density at radius 1 is 1.00 bits per heavy atom. The number of amides is 2. The van der Waals surface area contributed by atoms with E-state index in [4.69, 9.17) is 0 Å². The molecular formula is C20H17N5O2S. The number of carbonyl (C=O) groups excluding carboxylic acids is 2. The molecule has 1 aliphatic rings. The maximum atomic E-state index is 12.5. The van der Waals surface area contributed by atoms with Gasteiger partial charge in [0, 0.05) is 36.8 Å². The minimum Gasteiger partial charge on any atom is -0.298 e. The fourth-order valence-corrected chi connectivity index (χ4v) is 3.95. The number of aromatic nitrogens is 4. The number of thioether (sulfide) groups is 1. The van der Waals surface area contributed by atoms with Gasteiger partial charge in [0.25, 0.3) is 11.8 Å². The van der Waals surface area contributed by atoms with Crippen LogP contribution in [0.4, 0.5) is 0 Å². The number of imide groups is 1. The van der Waals surface area contributed by atoms with E-state index < -0.39 is 0 Å². The Hall–Kier alpha value is -3.26. The predicted octanol–water partition coefficient (Wildman–Crippen LogP) is 2.91. The summed E-state index contributed by atoms with van der Waals surface area (Å²) in [4.78, 5) is 30.2. The molecule has 4 rings (SSSR count). The number of carbonyl (C=O) groups is 2. The largest absolute Gasteiger partial charge is 0.298 e. The number of allylic oxidation sites excluding steroid dienone is 1. The quantitative estimate of drug-likeness (QED) is 0.350. The number of nitrogens with zero attached hydrogens (tertiary/aromatic N) is 5. The highest BCUT2D eigenvalue weighted by Gasteiger charge is 2.34. The molecule has 2 amide bonds. The van der Waals surface area contributed by atoms with E-state index in [0.717, 1.165) is 11.4 Å². The molecule has 140 valence electrons. The van der Waals surface area contributed by atoms with Gasteiger partial charge in [0.1, 0.15) is 0 Å². The van der Waals surface area contributed by atoms with Crippen molar-refractivity contribution in [1.29, 1.82) is 0 Å². The van der Waals surface area contributed by atoms with E-state index in [1.54, 1.807) is 42.7 Å². The average molecular weight is 391 g/mol. The molecule has 7 nitrogen and oxygen atoms in total. The summed E-state index contributed by atoms with van der Waals surface area (Å²) >= 11 is 1.45. The molecule has 2 aromatic heterocycles. The van der Waals surface area contributed by atoms with Gasteiger partial charge in [-0.1, -0.05) is 30.0 Å². The highest BCUT2D eigenvalue weighted by molar-refractivity contribution is 7.99. The third kappa shape index (κ3) is 3.22. The molecule has 0 atom stereocenters. The summed E-state index contributed by atoms with van der Waals surface area (Å²) < 4.78 is 1.95. The van der Waals surface area contributed by atoms with Crippen molar-refractivity contribution in [3.05, 3.63) is 72.6 Å². The third-order valence-corrected chi connectivity index (χ3v) is 5.34. The van der Waals surface area contributed by atoms with E-state index in [2.05, 4.69) is 21.8 Å². The van der Waals surface area contributed by atoms with E-state index in [1.807, 2.05) is 16.7 Å². The Kier molecular flexibility index (Phi) is 5.03. The molecule has 0 spiro atoms. The van der Waals surface area contributed by atoms with Crippen molar-refractivity contribution in [2.75, 3.05) is 12.3 Å². The molecule has 3 aromatic rings. The molecule has 0 fully saturated rings. The topological polar surface area (TPSA) is 81.0 Å². The van der Waals surface area contributed by atoms with Gasteiger partial charge in [0.05, 0.1) is 11.1 Å². The molecule has 3 heterocycles. The second kappa shape index (κ2) is 7.77. The lowest BCUT2D eigenvalue weighted by atomic mass is 10.1. The van der Waals surface area contributed by atoms with Gasteiger partial charge in [-0.15, -0.1) is 16.8 Å². The van der Waals surface area contributed by atoms with Crippen LogP contribution in [-0.4, -0.2) is 48.8 Å². The van der Waals surface area contributed by atoms with Gasteiger partial charge in [-0.05, 0) is 24.3 Å². The van der Waals surface area contributed by atoms with Gasteiger partial charge in [-0.3, -0.25) is 24.0 Å². The summed E-state index contributed by atoms with van der Waals surface area (Å²) in [5, 5.41) is 9.27. The van der Waals surface area contributed by atoms with Crippen LogP contribution in [0.25, 0.3) is 11.4 Å². The van der Waals surface area contributed by atoms with E-state index >= 15 is 0 Å². The summed E-state index contributed by atoms with van der Waals surface area (Å²) in [7, 11) is 0. The smallest absolute Gasteiger partial charge is 0.261 e. The van der Waals surface area contributed by atoms with Crippen LogP contribution in [0.2, 0.25) is 0 Å². The number of pyridine rings is 1. The lowest BCUT2D eigenvalue weighted by molar-refractivity contribution is 0.0664. The maximum Gasteiger partial charge on any atom is 0.261 e. The van der Waals surface area contributed by atoms with Crippen LogP contribution in [0.1, 0.15) is 20.7 Å². The van der Waals surface area contributed by atoms with Crippen molar-refractivity contribution in [2.45, 2.75) is 11.7 Å². The summed E-state index contributed by atoms with van der Waals surface area (Å²) in [6.45, 7) is 4.67. The molecule has 0 saturated heterocycles. The van der Waals surface area contributed by atoms with Crippen molar-refractivity contribution >= 4 is 23.6 Å². The second-order valence-electron chi connectivity index (χ2n) is 6.10. The first kappa shape index (κ1) is 18.1. The van der Waals surface area contributed by atoms with Crippen molar-refractivity contribution in [3.63, 3.8) is 0 Å². The first-order valence-corrected chi connectivity index (χ1v) is 9.72. The van der Waals surface area contributed by atoms with Crippen molar-refractivity contribution in [1.82, 2.24) is 24.6 Å². The number of hydrogen-bond acceptors (Lipinski definition) is 6. The minimum absolute atomic E-state index is 0.244. The second-order valence-corrected chi connectivity index (χ2v) is 7.16. The van der Waals surface area contributed by atoms with Gasteiger partial charge in [-0.25, -0.2) is 0 Å². The van der Waals surface area contributed by atoms with Gasteiger partial charge in [0.2, 0.25) is 0 Å². The Morgan fingerprint density at radius 3 is 2.32 bits per heavy atom. The lowest BCUT2D eigenvalue weighted by Crippen LogP contribution is -2.31. The first-order chi connectivity index (χ1) is 13.7. The number of hydrogen-bond donors (Lipinski definition) is 0. The van der Waals surface area contributed by atoms with Crippen LogP contribution >= 0.6 is 11.8 Å². The maximum absolute atomic E-state index is 12.5. The van der Waals surface area contributed by atoms with Crippen LogP contribution in [0.5, 0.6) is 0 Å². The molecule has 0 saturated carbocycles. The third-order valence-electron chi connectivity index (χ3n) is 4.39. The van der Waals surface area contributed by atoms with Crippen LogP contribution in [0.15, 0.2) is 66.6 Å². The number of fused-ring (bicyclic) bond motifs is 1. The number of rotatable bonds is 7. The molecule has 0 N–H and O–H groups in total. The normalized spacial score (nSPS) is 13.1. The lowest BCUT2D eigenvalue weighted by Gasteiger charge is -2.13. The zero-order valence-electron chi connectivity index (χ0n) is 15.0. The first-order valence-electron chi connectivity index (χ1n) is 8.73. The van der Waals surface area contributed by atoms with Gasteiger partial charge in [-0.2, -0.15) is 0 Å². The Balaban J connectivity index is 1.48. The highest BCUT2D eigenvalue weighted by Crippen LogP contribution is 2.26. The van der Waals surface area contributed by atoms with Crippen molar-refractivity contribution < 1.29 is 9.59 Å². The molecule has 8 heteroatoms. The fourth-order valence-electron chi connectivity index (χ4n) is 3.07. The van der Waals surface area contributed by atoms with Crippen LogP contribution in [0, 0.1) is 0 Å². The van der Waals surface area contributed by atoms with E-state index in [1.165, 1.54) is 16.7 Å². The van der Waals surface area contributed by atoms with Crippen molar-refractivity contribution in [3.8, 4) is 11.4 Å². The van der Waals surface area contributed by atoms with Crippen molar-refractivity contribution in [2.24, 2.45) is 0 Å². The van der Waals surface area contributed by atoms with E-state index in [-0.39, 0.29) is 11.8 Å². The molecule has 0 aliphatic carbocycles. The molecular weight excluding hydrogens is 374 g/mol. The predicted molar refractivity (Wildman–Crippen MR) is 106 cm³/mol. The Bertz CT molecular complexity index is 1010. The molecule has 1 aliphatic heterocycles. The molecule has 1 aromatic carbocycles. The standard InChI is InChI=1S/C20H17N5O2S/c1-2-11-24-17(14-7-9-21-10-8-14)22-23-20(24)28-13-12-25-18(26)15-5-3-4-6-16(15)19(25)27/h2-10H,1,11-13H2. The van der Waals surface area contributed by atoms with E-state index in [0.29, 0.717) is 35.1 Å². The molecule has 0 radical (unpaired) electrons. The zero-order valence-corrected chi connectivity index (χ0v) is 15.8. The van der Waals surface area contributed by atoms with Crippen LogP contribution in [0.3, 0.4) is 0 Å². The summed E-state index contributed by atoms with van der Waals surface area (Å²) in [6.07, 6.45) is 5.19. The SMILES string of the molecule is C=CCn1c(SCCN2C(=O)c3ccccc3C2=O)nnc1-c1ccncc1. The average Bonchev–Trinajstić information content (AvgIpc) is 3.23. The Morgan fingerprint density at radius 2 is 1.68 bits per heavy atom. The Labute approximate surface area is 166 Å². The van der Waals surface area contributed by atoms with Gasteiger partial charge in [0.15, 0.2) is 11.0 Å². The monoisotopic (exact) mass is 391 g/mol. The summed E-state index contributed by atoms with van der Waals surface area (Å²) in [6, 6.07) is 10.6. The van der Waals surface area contributed by atoms with Gasteiger partial charge >= 0.3 is 0 Å². The molecule has 0 bridgehead atoms.